The van der Waals surface area contributed by atoms with Crippen LogP contribution in [0, 0.1) is 12.8 Å². The molecule has 0 radical (unpaired) electrons. The number of hydrogen-bond donors (Lipinski definition) is 0. The van der Waals surface area contributed by atoms with Gasteiger partial charge in [-0.1, -0.05) is 19.1 Å². The summed E-state index contributed by atoms with van der Waals surface area (Å²) in [5, 5.41) is 0.0297. The maximum atomic E-state index is 6.63. The van der Waals surface area contributed by atoms with E-state index in [1.165, 1.54) is 5.56 Å². The van der Waals surface area contributed by atoms with Crippen LogP contribution < -0.4 is 4.74 Å². The summed E-state index contributed by atoms with van der Waals surface area (Å²) in [7, 11) is 1.69. The summed E-state index contributed by atoms with van der Waals surface area (Å²) >= 11 is 6.63. The van der Waals surface area contributed by atoms with Crippen LogP contribution in [0.1, 0.15) is 36.3 Å². The number of benzene rings is 1. The largest absolute Gasteiger partial charge is 0.496 e. The molecule has 18 heavy (non-hydrogen) atoms. The predicted octanol–water partition coefficient (Wildman–Crippen LogP) is 4.10. The molecule has 3 unspecified atom stereocenters. The molecule has 1 aliphatic rings. The minimum Gasteiger partial charge on any atom is -0.496 e. The maximum absolute atomic E-state index is 6.63. The first-order chi connectivity index (χ1) is 8.67. The normalized spacial score (nSPS) is 25.1. The molecule has 1 aliphatic heterocycles. The third-order valence-corrected chi connectivity index (χ3v) is 4.35. The van der Waals surface area contributed by atoms with Crippen molar-refractivity contribution in [3.05, 3.63) is 29.3 Å². The Morgan fingerprint density at radius 3 is 2.89 bits per heavy atom. The summed E-state index contributed by atoms with van der Waals surface area (Å²) in [4.78, 5) is 0. The van der Waals surface area contributed by atoms with Crippen LogP contribution >= 0.6 is 11.6 Å². The molecule has 1 heterocycles. The van der Waals surface area contributed by atoms with Crippen LogP contribution in [0.2, 0.25) is 0 Å². The molecule has 2 rings (SSSR count). The van der Waals surface area contributed by atoms with Gasteiger partial charge in [-0.15, -0.1) is 11.6 Å². The Morgan fingerprint density at radius 1 is 1.50 bits per heavy atom. The Morgan fingerprint density at radius 2 is 2.28 bits per heavy atom. The lowest BCUT2D eigenvalue weighted by Gasteiger charge is -2.23. The molecule has 1 aromatic carbocycles. The average Bonchev–Trinajstić information content (AvgIpc) is 2.86. The fourth-order valence-corrected chi connectivity index (χ4v) is 3.16. The topological polar surface area (TPSA) is 18.5 Å². The van der Waals surface area contributed by atoms with Crippen molar-refractivity contribution in [3.63, 3.8) is 0 Å². The highest BCUT2D eigenvalue weighted by atomic mass is 35.5. The standard InChI is InChI=1S/C15H21ClO2/c1-4-13-12(7-8-18-13)15(16)11-5-6-14(17-3)10(2)9-11/h5-6,9,12-13,15H,4,7-8H2,1-3H3. The summed E-state index contributed by atoms with van der Waals surface area (Å²) in [6.45, 7) is 5.04. The fourth-order valence-electron chi connectivity index (χ4n) is 2.74. The van der Waals surface area contributed by atoms with Crippen LogP contribution in [0.25, 0.3) is 0 Å². The van der Waals surface area contributed by atoms with E-state index in [1.54, 1.807) is 7.11 Å². The minimum absolute atomic E-state index is 0.0297. The Bertz CT molecular complexity index is 405. The summed E-state index contributed by atoms with van der Waals surface area (Å²) in [6, 6.07) is 6.19. The van der Waals surface area contributed by atoms with E-state index in [2.05, 4.69) is 19.1 Å². The molecule has 1 aromatic rings. The van der Waals surface area contributed by atoms with Gasteiger partial charge in [-0.05, 0) is 37.0 Å². The second-order valence-corrected chi connectivity index (χ2v) is 5.37. The first-order valence-electron chi connectivity index (χ1n) is 6.57. The van der Waals surface area contributed by atoms with Gasteiger partial charge >= 0.3 is 0 Å². The number of rotatable bonds is 4. The van der Waals surface area contributed by atoms with Crippen molar-refractivity contribution in [2.75, 3.05) is 13.7 Å². The Balaban J connectivity index is 2.18. The third-order valence-electron chi connectivity index (χ3n) is 3.78. The molecule has 1 saturated heterocycles. The van der Waals surface area contributed by atoms with Gasteiger partial charge in [0.15, 0.2) is 0 Å². The number of alkyl halides is 1. The quantitative estimate of drug-likeness (QED) is 0.766. The van der Waals surface area contributed by atoms with Crippen LogP contribution in [0.15, 0.2) is 18.2 Å². The van der Waals surface area contributed by atoms with Gasteiger partial charge in [-0.25, -0.2) is 0 Å². The second-order valence-electron chi connectivity index (χ2n) is 4.90. The molecule has 0 amide bonds. The van der Waals surface area contributed by atoms with Crippen molar-refractivity contribution in [1.29, 1.82) is 0 Å². The van der Waals surface area contributed by atoms with Crippen molar-refractivity contribution in [2.24, 2.45) is 5.92 Å². The first kappa shape index (κ1) is 13.7. The highest BCUT2D eigenvalue weighted by molar-refractivity contribution is 6.21. The molecule has 0 bridgehead atoms. The molecule has 3 atom stereocenters. The van der Waals surface area contributed by atoms with Gasteiger partial charge < -0.3 is 9.47 Å². The van der Waals surface area contributed by atoms with Gasteiger partial charge in [0, 0.05) is 12.5 Å². The Kier molecular flexibility index (Phi) is 4.52. The summed E-state index contributed by atoms with van der Waals surface area (Å²) in [5.74, 6) is 1.33. The van der Waals surface area contributed by atoms with Crippen LogP contribution in [0.4, 0.5) is 0 Å². The van der Waals surface area contributed by atoms with Crippen molar-refractivity contribution >= 4 is 11.6 Å². The third kappa shape index (κ3) is 2.65. The zero-order chi connectivity index (χ0) is 13.1. The van der Waals surface area contributed by atoms with E-state index in [9.17, 15) is 0 Å². The SMILES string of the molecule is CCC1OCCC1C(Cl)c1ccc(OC)c(C)c1. The zero-order valence-electron chi connectivity index (χ0n) is 11.3. The van der Waals surface area contributed by atoms with E-state index in [0.717, 1.165) is 30.8 Å². The van der Waals surface area contributed by atoms with E-state index in [-0.39, 0.29) is 5.38 Å². The van der Waals surface area contributed by atoms with Gasteiger partial charge in [0.05, 0.1) is 18.6 Å². The summed E-state index contributed by atoms with van der Waals surface area (Å²) in [6.07, 6.45) is 2.38. The second kappa shape index (κ2) is 5.94. The highest BCUT2D eigenvalue weighted by Gasteiger charge is 2.33. The molecule has 0 aliphatic carbocycles. The molecule has 100 valence electrons. The zero-order valence-corrected chi connectivity index (χ0v) is 12.0. The smallest absolute Gasteiger partial charge is 0.121 e. The van der Waals surface area contributed by atoms with E-state index in [4.69, 9.17) is 21.1 Å². The molecular weight excluding hydrogens is 248 g/mol. The number of methoxy groups -OCH3 is 1. The van der Waals surface area contributed by atoms with Crippen LogP contribution in [-0.2, 0) is 4.74 Å². The molecule has 2 nitrogen and oxygen atoms in total. The van der Waals surface area contributed by atoms with E-state index < -0.39 is 0 Å². The lowest BCUT2D eigenvalue weighted by molar-refractivity contribution is 0.0864. The van der Waals surface area contributed by atoms with E-state index in [0.29, 0.717) is 12.0 Å². The van der Waals surface area contributed by atoms with Crippen molar-refractivity contribution in [1.82, 2.24) is 0 Å². The lowest BCUT2D eigenvalue weighted by atomic mass is 9.91. The minimum atomic E-state index is 0.0297. The monoisotopic (exact) mass is 268 g/mol. The van der Waals surface area contributed by atoms with Gasteiger partial charge in [0.2, 0.25) is 0 Å². The predicted molar refractivity (Wildman–Crippen MR) is 74.5 cm³/mol. The van der Waals surface area contributed by atoms with Gasteiger partial charge in [-0.3, -0.25) is 0 Å². The van der Waals surface area contributed by atoms with Crippen LogP contribution in [-0.4, -0.2) is 19.8 Å². The fraction of sp³-hybridized carbons (Fsp3) is 0.600. The number of aryl methyl sites for hydroxylation is 1. The van der Waals surface area contributed by atoms with Crippen molar-refractivity contribution < 1.29 is 9.47 Å². The molecule has 3 heteroatoms. The molecule has 0 saturated carbocycles. The first-order valence-corrected chi connectivity index (χ1v) is 7.01. The molecule has 0 N–H and O–H groups in total. The summed E-state index contributed by atoms with van der Waals surface area (Å²) < 4.78 is 11.0. The average molecular weight is 269 g/mol. The van der Waals surface area contributed by atoms with Gasteiger partial charge in [0.25, 0.3) is 0 Å². The summed E-state index contributed by atoms with van der Waals surface area (Å²) in [5.41, 5.74) is 2.30. The number of hydrogen-bond acceptors (Lipinski definition) is 2. The lowest BCUT2D eigenvalue weighted by Crippen LogP contribution is -2.19. The Hall–Kier alpha value is -0.730. The van der Waals surface area contributed by atoms with Crippen molar-refractivity contribution in [3.8, 4) is 5.75 Å². The van der Waals surface area contributed by atoms with Gasteiger partial charge in [0.1, 0.15) is 5.75 Å². The molecule has 1 fully saturated rings. The molecular formula is C15H21ClO2. The molecule has 0 spiro atoms. The maximum Gasteiger partial charge on any atom is 0.121 e. The number of ether oxygens (including phenoxy) is 2. The van der Waals surface area contributed by atoms with Crippen molar-refractivity contribution in [2.45, 2.75) is 38.2 Å². The Labute approximate surface area is 114 Å². The number of halogens is 1. The van der Waals surface area contributed by atoms with E-state index >= 15 is 0 Å². The van der Waals surface area contributed by atoms with Gasteiger partial charge in [-0.2, -0.15) is 0 Å². The molecule has 0 aromatic heterocycles. The highest BCUT2D eigenvalue weighted by Crippen LogP contribution is 2.40. The van der Waals surface area contributed by atoms with Crippen LogP contribution in [0.5, 0.6) is 5.75 Å². The van der Waals surface area contributed by atoms with E-state index in [1.807, 2.05) is 13.0 Å². The van der Waals surface area contributed by atoms with Crippen LogP contribution in [0.3, 0.4) is 0 Å².